The lowest BCUT2D eigenvalue weighted by molar-refractivity contribution is -0.113. The average Bonchev–Trinajstić information content (AvgIpc) is 3.00. The van der Waals surface area contributed by atoms with Gasteiger partial charge in [0.2, 0.25) is 5.91 Å². The first-order valence-corrected chi connectivity index (χ1v) is 8.53. The molecule has 20 heavy (non-hydrogen) atoms. The monoisotopic (exact) mass is 310 g/mol. The lowest BCUT2D eigenvalue weighted by Crippen LogP contribution is -2.14. The van der Waals surface area contributed by atoms with Crippen molar-refractivity contribution in [2.24, 2.45) is 0 Å². The molecule has 7 heteroatoms. The standard InChI is InChI=1S/C13H18N4OS2/c1-3-4-10-5-12(17-16-10)15-13(18)8-19-6-11-7-20-9(2)14-11/h5,7H,3-4,6,8H2,1-2H3,(H2,15,16,17,18). The van der Waals surface area contributed by atoms with Gasteiger partial charge >= 0.3 is 0 Å². The first-order valence-electron chi connectivity index (χ1n) is 6.50. The van der Waals surface area contributed by atoms with Crippen LogP contribution in [-0.4, -0.2) is 26.8 Å². The summed E-state index contributed by atoms with van der Waals surface area (Å²) in [5.41, 5.74) is 2.09. The molecular formula is C13H18N4OS2. The number of H-pyrrole nitrogens is 1. The zero-order valence-electron chi connectivity index (χ0n) is 11.6. The third-order valence-corrected chi connectivity index (χ3v) is 4.36. The quantitative estimate of drug-likeness (QED) is 0.824. The molecule has 0 bridgehead atoms. The normalized spacial score (nSPS) is 10.7. The van der Waals surface area contributed by atoms with Crippen LogP contribution in [0.25, 0.3) is 0 Å². The van der Waals surface area contributed by atoms with E-state index in [0.717, 1.165) is 35.0 Å². The molecule has 108 valence electrons. The molecule has 0 spiro atoms. The van der Waals surface area contributed by atoms with Gasteiger partial charge in [-0.25, -0.2) is 4.98 Å². The highest BCUT2D eigenvalue weighted by molar-refractivity contribution is 7.99. The van der Waals surface area contributed by atoms with Crippen LogP contribution in [0.2, 0.25) is 0 Å². The van der Waals surface area contributed by atoms with Gasteiger partial charge < -0.3 is 5.32 Å². The van der Waals surface area contributed by atoms with Gasteiger partial charge in [-0.15, -0.1) is 23.1 Å². The number of aryl methyl sites for hydroxylation is 2. The number of nitrogens with one attached hydrogen (secondary N) is 2. The van der Waals surface area contributed by atoms with Crippen molar-refractivity contribution in [1.82, 2.24) is 15.2 Å². The van der Waals surface area contributed by atoms with Gasteiger partial charge in [-0.05, 0) is 13.3 Å². The molecule has 1 amide bonds. The molecule has 0 unspecified atom stereocenters. The SMILES string of the molecule is CCCc1cc(NC(=O)CSCc2csc(C)n2)n[nH]1. The molecule has 0 aromatic carbocycles. The number of rotatable bonds is 7. The summed E-state index contributed by atoms with van der Waals surface area (Å²) < 4.78 is 0. The Kier molecular flexibility index (Phi) is 5.60. The summed E-state index contributed by atoms with van der Waals surface area (Å²) in [5, 5.41) is 12.9. The van der Waals surface area contributed by atoms with Gasteiger partial charge in [0.05, 0.1) is 16.5 Å². The molecule has 5 nitrogen and oxygen atoms in total. The Morgan fingerprint density at radius 3 is 3.10 bits per heavy atom. The Bertz CT molecular complexity index is 564. The first kappa shape index (κ1) is 15.1. The Labute approximate surface area is 126 Å². The molecule has 0 saturated heterocycles. The summed E-state index contributed by atoms with van der Waals surface area (Å²) in [6.45, 7) is 4.09. The molecule has 2 aromatic rings. The minimum Gasteiger partial charge on any atom is -0.308 e. The van der Waals surface area contributed by atoms with Crippen LogP contribution < -0.4 is 5.32 Å². The maximum atomic E-state index is 11.8. The van der Waals surface area contributed by atoms with Crippen LogP contribution in [0, 0.1) is 6.92 Å². The molecule has 2 heterocycles. The Morgan fingerprint density at radius 2 is 2.40 bits per heavy atom. The van der Waals surface area contributed by atoms with E-state index in [1.807, 2.05) is 18.4 Å². The first-order chi connectivity index (χ1) is 9.67. The van der Waals surface area contributed by atoms with E-state index < -0.39 is 0 Å². The fourth-order valence-electron chi connectivity index (χ4n) is 1.72. The number of thioether (sulfide) groups is 1. The van der Waals surface area contributed by atoms with E-state index in [2.05, 4.69) is 27.4 Å². The smallest absolute Gasteiger partial charge is 0.235 e. The molecular weight excluding hydrogens is 292 g/mol. The largest absolute Gasteiger partial charge is 0.308 e. The van der Waals surface area contributed by atoms with Crippen molar-refractivity contribution in [3.8, 4) is 0 Å². The lowest BCUT2D eigenvalue weighted by Gasteiger charge is -2.00. The van der Waals surface area contributed by atoms with Crippen molar-refractivity contribution in [3.63, 3.8) is 0 Å². The second-order valence-corrected chi connectivity index (χ2v) is 6.48. The summed E-state index contributed by atoms with van der Waals surface area (Å²) in [6.07, 6.45) is 2.00. The highest BCUT2D eigenvalue weighted by Gasteiger charge is 2.07. The Hall–Kier alpha value is -1.34. The van der Waals surface area contributed by atoms with Crippen molar-refractivity contribution >= 4 is 34.8 Å². The number of carbonyl (C=O) groups excluding carboxylic acids is 1. The number of nitrogens with zero attached hydrogens (tertiary/aromatic N) is 2. The van der Waals surface area contributed by atoms with E-state index in [-0.39, 0.29) is 5.91 Å². The Morgan fingerprint density at radius 1 is 1.55 bits per heavy atom. The number of aromatic nitrogens is 3. The minimum absolute atomic E-state index is 0.0310. The number of amides is 1. The predicted octanol–water partition coefficient (Wildman–Crippen LogP) is 3.00. The highest BCUT2D eigenvalue weighted by atomic mass is 32.2. The van der Waals surface area contributed by atoms with E-state index in [9.17, 15) is 4.79 Å². The average molecular weight is 310 g/mol. The fraction of sp³-hybridized carbons (Fsp3) is 0.462. The molecule has 0 radical (unpaired) electrons. The van der Waals surface area contributed by atoms with E-state index in [1.165, 1.54) is 0 Å². The molecule has 0 fully saturated rings. The number of thiazole rings is 1. The number of hydrogen-bond acceptors (Lipinski definition) is 5. The lowest BCUT2D eigenvalue weighted by atomic mass is 10.2. The summed E-state index contributed by atoms with van der Waals surface area (Å²) in [7, 11) is 0. The molecule has 0 atom stereocenters. The summed E-state index contributed by atoms with van der Waals surface area (Å²) in [4.78, 5) is 16.1. The van der Waals surface area contributed by atoms with Crippen LogP contribution in [0.5, 0.6) is 0 Å². The van der Waals surface area contributed by atoms with E-state index in [4.69, 9.17) is 0 Å². The van der Waals surface area contributed by atoms with Crippen molar-refractivity contribution in [2.75, 3.05) is 11.1 Å². The van der Waals surface area contributed by atoms with Crippen LogP contribution in [0.15, 0.2) is 11.4 Å². The van der Waals surface area contributed by atoms with Crippen molar-refractivity contribution in [2.45, 2.75) is 32.4 Å². The van der Waals surface area contributed by atoms with Crippen molar-refractivity contribution in [3.05, 3.63) is 27.8 Å². The van der Waals surface area contributed by atoms with Crippen LogP contribution in [-0.2, 0) is 17.0 Å². The van der Waals surface area contributed by atoms with Gasteiger partial charge in [0.25, 0.3) is 0 Å². The third kappa shape index (κ3) is 4.64. The van der Waals surface area contributed by atoms with Gasteiger partial charge in [-0.2, -0.15) is 5.10 Å². The molecule has 0 aliphatic heterocycles. The number of carbonyl (C=O) groups is 1. The van der Waals surface area contributed by atoms with Gasteiger partial charge in [-0.3, -0.25) is 9.89 Å². The van der Waals surface area contributed by atoms with Gasteiger partial charge in [0, 0.05) is 22.9 Å². The second kappa shape index (κ2) is 7.44. The Balaban J connectivity index is 1.71. The van der Waals surface area contributed by atoms with Crippen LogP contribution in [0.3, 0.4) is 0 Å². The zero-order valence-corrected chi connectivity index (χ0v) is 13.2. The van der Waals surface area contributed by atoms with Gasteiger partial charge in [0.1, 0.15) is 0 Å². The molecule has 2 aromatic heterocycles. The summed E-state index contributed by atoms with van der Waals surface area (Å²) >= 11 is 3.19. The highest BCUT2D eigenvalue weighted by Crippen LogP contribution is 2.15. The molecule has 2 N–H and O–H groups in total. The zero-order chi connectivity index (χ0) is 14.4. The van der Waals surface area contributed by atoms with Crippen LogP contribution in [0.1, 0.15) is 29.7 Å². The van der Waals surface area contributed by atoms with Crippen molar-refractivity contribution < 1.29 is 4.79 Å². The molecule has 2 rings (SSSR count). The predicted molar refractivity (Wildman–Crippen MR) is 84.2 cm³/mol. The number of aromatic amines is 1. The van der Waals surface area contributed by atoms with E-state index in [0.29, 0.717) is 11.6 Å². The fourth-order valence-corrected chi connectivity index (χ4v) is 3.16. The van der Waals surface area contributed by atoms with Crippen LogP contribution >= 0.6 is 23.1 Å². The van der Waals surface area contributed by atoms with Gasteiger partial charge in [-0.1, -0.05) is 13.3 Å². The van der Waals surface area contributed by atoms with E-state index in [1.54, 1.807) is 23.1 Å². The minimum atomic E-state index is -0.0310. The molecule has 0 saturated carbocycles. The maximum Gasteiger partial charge on any atom is 0.235 e. The number of anilines is 1. The summed E-state index contributed by atoms with van der Waals surface area (Å²) in [5.74, 6) is 1.74. The van der Waals surface area contributed by atoms with Crippen molar-refractivity contribution in [1.29, 1.82) is 0 Å². The van der Waals surface area contributed by atoms with E-state index >= 15 is 0 Å². The summed E-state index contributed by atoms with van der Waals surface area (Å²) in [6, 6.07) is 1.88. The third-order valence-electron chi connectivity index (χ3n) is 2.57. The number of hydrogen-bond donors (Lipinski definition) is 2. The maximum absolute atomic E-state index is 11.8. The van der Waals surface area contributed by atoms with Gasteiger partial charge in [0.15, 0.2) is 5.82 Å². The molecule has 0 aliphatic carbocycles. The molecule has 0 aliphatic rings. The topological polar surface area (TPSA) is 70.7 Å². The van der Waals surface area contributed by atoms with Crippen LogP contribution in [0.4, 0.5) is 5.82 Å². The second-order valence-electron chi connectivity index (χ2n) is 4.43.